The van der Waals surface area contributed by atoms with E-state index in [1.165, 1.54) is 11.8 Å². The highest BCUT2D eigenvalue weighted by atomic mass is 35.5. The molecule has 3 rings (SSSR count). The average Bonchev–Trinajstić information content (AvgIpc) is 3.18. The lowest BCUT2D eigenvalue weighted by Crippen LogP contribution is -2.29. The number of hydrogen-bond donors (Lipinski definition) is 1. The van der Waals surface area contributed by atoms with Crippen molar-refractivity contribution < 1.29 is 14.3 Å². The number of aryl methyl sites for hydroxylation is 1. The number of ether oxygens (including phenoxy) is 2. The van der Waals surface area contributed by atoms with Gasteiger partial charge in [0, 0.05) is 25.8 Å². The Bertz CT molecular complexity index is 1030. The van der Waals surface area contributed by atoms with Crippen molar-refractivity contribution >= 4 is 29.3 Å². The number of nitrogens with zero attached hydrogens (tertiary/aromatic N) is 3. The number of thioether (sulfide) groups is 1. The van der Waals surface area contributed by atoms with Crippen LogP contribution in [0.25, 0.3) is 11.4 Å². The van der Waals surface area contributed by atoms with Crippen LogP contribution < -0.4 is 10.1 Å². The smallest absolute Gasteiger partial charge is 0.230 e. The molecule has 0 aliphatic rings. The number of amides is 1. The molecule has 0 bridgehead atoms. The highest BCUT2D eigenvalue weighted by Gasteiger charge is 2.17. The summed E-state index contributed by atoms with van der Waals surface area (Å²) in [6.45, 7) is 4.13. The van der Waals surface area contributed by atoms with Gasteiger partial charge in [0.15, 0.2) is 11.0 Å². The molecule has 0 aliphatic heterocycles. The molecule has 0 saturated heterocycles. The van der Waals surface area contributed by atoms with Crippen LogP contribution in [0.5, 0.6) is 5.75 Å². The Labute approximate surface area is 197 Å². The first-order chi connectivity index (χ1) is 15.6. The molecule has 1 amide bonds. The van der Waals surface area contributed by atoms with E-state index >= 15 is 0 Å². The fourth-order valence-electron chi connectivity index (χ4n) is 3.05. The number of hydrogen-bond acceptors (Lipinski definition) is 6. The molecule has 0 saturated carbocycles. The van der Waals surface area contributed by atoms with Crippen molar-refractivity contribution in [3.05, 3.63) is 59.1 Å². The number of rotatable bonds is 12. The summed E-state index contributed by atoms with van der Waals surface area (Å²) >= 11 is 7.71. The van der Waals surface area contributed by atoms with Crippen LogP contribution in [-0.2, 0) is 16.1 Å². The monoisotopic (exact) mass is 474 g/mol. The summed E-state index contributed by atoms with van der Waals surface area (Å²) in [6.07, 6.45) is 0.794. The SMILES string of the molecule is COCCCn1c(SCC(=O)NCCOc2cccc(C)c2)nnc1-c1ccccc1Cl. The van der Waals surface area contributed by atoms with Gasteiger partial charge in [-0.1, -0.05) is 47.6 Å². The average molecular weight is 475 g/mol. The second-order valence-electron chi connectivity index (χ2n) is 7.09. The topological polar surface area (TPSA) is 78.3 Å². The zero-order valence-corrected chi connectivity index (χ0v) is 19.8. The molecule has 0 aliphatic carbocycles. The highest BCUT2D eigenvalue weighted by Crippen LogP contribution is 2.29. The summed E-state index contributed by atoms with van der Waals surface area (Å²) in [4.78, 5) is 12.3. The van der Waals surface area contributed by atoms with E-state index in [0.717, 1.165) is 23.3 Å². The Balaban J connectivity index is 1.55. The van der Waals surface area contributed by atoms with Gasteiger partial charge in [-0.15, -0.1) is 10.2 Å². The van der Waals surface area contributed by atoms with Crippen LogP contribution in [0.4, 0.5) is 0 Å². The summed E-state index contributed by atoms with van der Waals surface area (Å²) in [6, 6.07) is 15.3. The molecule has 170 valence electrons. The van der Waals surface area contributed by atoms with Crippen LogP contribution in [0.3, 0.4) is 0 Å². The lowest BCUT2D eigenvalue weighted by Gasteiger charge is -2.11. The number of carbonyl (C=O) groups is 1. The van der Waals surface area contributed by atoms with Gasteiger partial charge >= 0.3 is 0 Å². The van der Waals surface area contributed by atoms with E-state index in [4.69, 9.17) is 21.1 Å². The molecular formula is C23H27ClN4O3S. The second kappa shape index (κ2) is 12.5. The number of benzene rings is 2. The molecular weight excluding hydrogens is 448 g/mol. The van der Waals surface area contributed by atoms with Crippen molar-refractivity contribution in [3.8, 4) is 17.1 Å². The molecule has 1 aromatic heterocycles. The van der Waals surface area contributed by atoms with Crippen molar-refractivity contribution in [1.82, 2.24) is 20.1 Å². The maximum Gasteiger partial charge on any atom is 0.230 e. The van der Waals surface area contributed by atoms with Crippen LogP contribution >= 0.6 is 23.4 Å². The molecule has 2 aromatic carbocycles. The van der Waals surface area contributed by atoms with Crippen LogP contribution in [0.2, 0.25) is 5.02 Å². The first-order valence-electron chi connectivity index (χ1n) is 10.3. The lowest BCUT2D eigenvalue weighted by atomic mass is 10.2. The molecule has 3 aromatic rings. The minimum Gasteiger partial charge on any atom is -0.492 e. The van der Waals surface area contributed by atoms with Crippen LogP contribution in [0.1, 0.15) is 12.0 Å². The summed E-state index contributed by atoms with van der Waals surface area (Å²) in [7, 11) is 1.67. The van der Waals surface area contributed by atoms with Gasteiger partial charge in [0.1, 0.15) is 12.4 Å². The second-order valence-corrected chi connectivity index (χ2v) is 8.44. The predicted octanol–water partition coefficient (Wildman–Crippen LogP) is 4.23. The molecule has 0 unspecified atom stereocenters. The van der Waals surface area contributed by atoms with Crippen molar-refractivity contribution in [2.75, 3.05) is 32.6 Å². The van der Waals surface area contributed by atoms with Gasteiger partial charge in [-0.05, 0) is 43.2 Å². The van der Waals surface area contributed by atoms with Gasteiger partial charge in [-0.25, -0.2) is 0 Å². The third-order valence-electron chi connectivity index (χ3n) is 4.58. The Kier molecular flexibility index (Phi) is 9.40. The molecule has 1 N–H and O–H groups in total. The number of methoxy groups -OCH3 is 1. The van der Waals surface area contributed by atoms with Gasteiger partial charge in [0.05, 0.1) is 17.3 Å². The summed E-state index contributed by atoms with van der Waals surface area (Å²) in [5, 5.41) is 12.8. The predicted molar refractivity (Wildman–Crippen MR) is 127 cm³/mol. The molecule has 7 nitrogen and oxygen atoms in total. The Morgan fingerprint density at radius 2 is 2.00 bits per heavy atom. The quantitative estimate of drug-likeness (QED) is 0.312. The number of halogens is 1. The van der Waals surface area contributed by atoms with E-state index in [-0.39, 0.29) is 11.7 Å². The van der Waals surface area contributed by atoms with Crippen LogP contribution in [0.15, 0.2) is 53.7 Å². The van der Waals surface area contributed by atoms with Crippen molar-refractivity contribution in [1.29, 1.82) is 0 Å². The molecule has 9 heteroatoms. The largest absolute Gasteiger partial charge is 0.492 e. The van der Waals surface area contributed by atoms with E-state index in [2.05, 4.69) is 15.5 Å². The van der Waals surface area contributed by atoms with Gasteiger partial charge in [0.2, 0.25) is 5.91 Å². The maximum absolute atomic E-state index is 12.3. The Morgan fingerprint density at radius 3 is 2.78 bits per heavy atom. The van der Waals surface area contributed by atoms with E-state index in [1.807, 2.05) is 60.0 Å². The van der Waals surface area contributed by atoms with Crippen molar-refractivity contribution in [2.24, 2.45) is 0 Å². The fourth-order valence-corrected chi connectivity index (χ4v) is 4.07. The summed E-state index contributed by atoms with van der Waals surface area (Å²) < 4.78 is 12.8. The number of nitrogens with one attached hydrogen (secondary N) is 1. The first kappa shape index (κ1) is 24.1. The molecule has 0 radical (unpaired) electrons. The van der Waals surface area contributed by atoms with Crippen LogP contribution in [-0.4, -0.2) is 53.3 Å². The van der Waals surface area contributed by atoms with Gasteiger partial charge in [0.25, 0.3) is 0 Å². The third kappa shape index (κ3) is 6.98. The van der Waals surface area contributed by atoms with Gasteiger partial charge < -0.3 is 19.4 Å². The molecule has 0 atom stereocenters. The summed E-state index contributed by atoms with van der Waals surface area (Å²) in [5.74, 6) is 1.62. The Hall–Kier alpha value is -2.55. The van der Waals surface area contributed by atoms with E-state index in [9.17, 15) is 4.79 Å². The van der Waals surface area contributed by atoms with Gasteiger partial charge in [-0.3, -0.25) is 4.79 Å². The molecule has 0 fully saturated rings. The molecule has 0 spiro atoms. The zero-order valence-electron chi connectivity index (χ0n) is 18.2. The van der Waals surface area contributed by atoms with E-state index in [1.54, 1.807) is 7.11 Å². The molecule has 1 heterocycles. The summed E-state index contributed by atoms with van der Waals surface area (Å²) in [5.41, 5.74) is 1.94. The highest BCUT2D eigenvalue weighted by molar-refractivity contribution is 7.99. The molecule has 32 heavy (non-hydrogen) atoms. The minimum atomic E-state index is -0.0893. The number of carbonyl (C=O) groups excluding carboxylic acids is 1. The number of aromatic nitrogens is 3. The van der Waals surface area contributed by atoms with E-state index in [0.29, 0.717) is 42.3 Å². The third-order valence-corrected chi connectivity index (χ3v) is 5.87. The van der Waals surface area contributed by atoms with Gasteiger partial charge in [-0.2, -0.15) is 0 Å². The standard InChI is InChI=1S/C23H27ClN4O3S/c1-17-7-5-8-18(15-17)31-14-11-25-21(29)16-32-23-27-26-22(28(23)12-6-13-30-2)19-9-3-4-10-20(19)24/h3-5,7-10,15H,6,11-14,16H2,1-2H3,(H,25,29). The normalized spacial score (nSPS) is 10.8. The minimum absolute atomic E-state index is 0.0893. The van der Waals surface area contributed by atoms with Crippen molar-refractivity contribution in [2.45, 2.75) is 25.0 Å². The maximum atomic E-state index is 12.3. The van der Waals surface area contributed by atoms with Crippen LogP contribution in [0, 0.1) is 6.92 Å². The van der Waals surface area contributed by atoms with Crippen molar-refractivity contribution in [3.63, 3.8) is 0 Å². The Morgan fingerprint density at radius 1 is 1.16 bits per heavy atom. The fraction of sp³-hybridized carbons (Fsp3) is 0.348. The van der Waals surface area contributed by atoms with E-state index < -0.39 is 0 Å². The first-order valence-corrected chi connectivity index (χ1v) is 11.7. The zero-order chi connectivity index (χ0) is 22.8. The lowest BCUT2D eigenvalue weighted by molar-refractivity contribution is -0.118.